The Balaban J connectivity index is 1.17. The standard InChI is InChI=1S/C33H45ClFN7O3/c34-27-20-25(8-9-28(27)35)38-33(45)39-30(32(44)42-18-12-26(13-19-42)40-14-4-1-5-15-40)21-31(43)41-16-10-24(11-17-41)37-22-23-6-2-3-7-29(23)36/h2-3,6-9,20,24,26,30,37H,1,4-5,10-19,21-22,36H2,(H2,38,39,45)/t30-/m0/s1. The lowest BCUT2D eigenvalue weighted by Gasteiger charge is -2.41. The molecule has 244 valence electrons. The molecule has 4 amide bonds. The quantitative estimate of drug-likeness (QED) is 0.305. The number of hydrogen-bond donors (Lipinski definition) is 4. The summed E-state index contributed by atoms with van der Waals surface area (Å²) in [6, 6.07) is 10.6. The monoisotopic (exact) mass is 641 g/mol. The third-order valence-corrected chi connectivity index (χ3v) is 9.62. The van der Waals surface area contributed by atoms with Crippen LogP contribution in [0.5, 0.6) is 0 Å². The first kappa shape index (κ1) is 33.0. The highest BCUT2D eigenvalue weighted by Crippen LogP contribution is 2.23. The number of hydrogen-bond acceptors (Lipinski definition) is 6. The fraction of sp³-hybridized carbons (Fsp3) is 0.545. The van der Waals surface area contributed by atoms with Gasteiger partial charge >= 0.3 is 6.03 Å². The number of rotatable bonds is 9. The van der Waals surface area contributed by atoms with E-state index in [9.17, 15) is 18.8 Å². The Morgan fingerprint density at radius 2 is 1.60 bits per heavy atom. The summed E-state index contributed by atoms with van der Waals surface area (Å²) in [5.41, 5.74) is 8.15. The molecule has 3 fully saturated rings. The number of likely N-dealkylation sites (tertiary alicyclic amines) is 3. The molecule has 0 aliphatic carbocycles. The first-order valence-corrected chi connectivity index (χ1v) is 16.5. The van der Waals surface area contributed by atoms with E-state index in [0.717, 1.165) is 56.1 Å². The maximum atomic E-state index is 13.8. The van der Waals surface area contributed by atoms with Gasteiger partial charge in [0.15, 0.2) is 0 Å². The van der Waals surface area contributed by atoms with Gasteiger partial charge in [0.2, 0.25) is 11.8 Å². The largest absolute Gasteiger partial charge is 0.398 e. The normalized spacial score (nSPS) is 19.2. The lowest BCUT2D eigenvalue weighted by atomic mass is 9.99. The van der Waals surface area contributed by atoms with Gasteiger partial charge in [0, 0.05) is 56.2 Å². The summed E-state index contributed by atoms with van der Waals surface area (Å²) >= 11 is 5.87. The second-order valence-corrected chi connectivity index (χ2v) is 12.8. The Hall–Kier alpha value is -3.41. The number of carbonyl (C=O) groups excluding carboxylic acids is 3. The van der Waals surface area contributed by atoms with Crippen molar-refractivity contribution in [2.45, 2.75) is 76.0 Å². The Morgan fingerprint density at radius 3 is 2.29 bits per heavy atom. The lowest BCUT2D eigenvalue weighted by molar-refractivity contribution is -0.140. The smallest absolute Gasteiger partial charge is 0.319 e. The van der Waals surface area contributed by atoms with Crippen molar-refractivity contribution >= 4 is 40.8 Å². The number of urea groups is 1. The molecule has 45 heavy (non-hydrogen) atoms. The number of para-hydroxylation sites is 1. The number of amides is 4. The highest BCUT2D eigenvalue weighted by atomic mass is 35.5. The summed E-state index contributed by atoms with van der Waals surface area (Å²) in [5, 5.41) is 8.77. The van der Waals surface area contributed by atoms with E-state index in [4.69, 9.17) is 17.3 Å². The Morgan fingerprint density at radius 1 is 0.911 bits per heavy atom. The van der Waals surface area contributed by atoms with Gasteiger partial charge in [-0.1, -0.05) is 36.2 Å². The summed E-state index contributed by atoms with van der Waals surface area (Å²) in [6.45, 7) is 5.17. The van der Waals surface area contributed by atoms with Gasteiger partial charge < -0.3 is 36.4 Å². The second kappa shape index (κ2) is 15.7. The number of benzene rings is 2. The van der Waals surface area contributed by atoms with Gasteiger partial charge in [-0.2, -0.15) is 0 Å². The average Bonchev–Trinajstić information content (AvgIpc) is 3.06. The Bertz CT molecular complexity index is 1330. The molecule has 0 bridgehead atoms. The lowest BCUT2D eigenvalue weighted by Crippen LogP contribution is -2.55. The van der Waals surface area contributed by atoms with Crippen LogP contribution in [0.15, 0.2) is 42.5 Å². The molecule has 5 N–H and O–H groups in total. The number of carbonyl (C=O) groups is 3. The third kappa shape index (κ3) is 9.08. The first-order chi connectivity index (χ1) is 21.8. The van der Waals surface area contributed by atoms with Crippen LogP contribution in [0.2, 0.25) is 5.02 Å². The van der Waals surface area contributed by atoms with Crippen molar-refractivity contribution in [1.82, 2.24) is 25.3 Å². The molecule has 3 aliphatic rings. The molecule has 12 heteroatoms. The maximum absolute atomic E-state index is 13.8. The van der Waals surface area contributed by atoms with Crippen molar-refractivity contribution in [2.75, 3.05) is 50.3 Å². The molecule has 3 aliphatic heterocycles. The number of nitrogens with one attached hydrogen (secondary N) is 3. The van der Waals surface area contributed by atoms with E-state index in [1.54, 1.807) is 9.80 Å². The highest BCUT2D eigenvalue weighted by Gasteiger charge is 2.34. The number of halogens is 2. The molecule has 0 unspecified atom stereocenters. The molecule has 0 radical (unpaired) electrons. The van der Waals surface area contributed by atoms with Crippen LogP contribution in [-0.2, 0) is 16.1 Å². The fourth-order valence-electron chi connectivity index (χ4n) is 6.64. The SMILES string of the molecule is Nc1ccccc1CNC1CCN(C(=O)C[C@H](NC(=O)Nc2ccc(F)c(Cl)c2)C(=O)N2CCC(N3CCCCC3)CC2)CC1. The minimum atomic E-state index is -1.03. The van der Waals surface area contributed by atoms with Crippen LogP contribution in [0.4, 0.5) is 20.6 Å². The van der Waals surface area contributed by atoms with Crippen LogP contribution in [0.1, 0.15) is 56.9 Å². The summed E-state index contributed by atoms with van der Waals surface area (Å²) in [5.74, 6) is -1.03. The van der Waals surface area contributed by atoms with E-state index in [1.165, 1.54) is 31.4 Å². The maximum Gasteiger partial charge on any atom is 0.319 e. The van der Waals surface area contributed by atoms with E-state index < -0.39 is 17.9 Å². The van der Waals surface area contributed by atoms with Crippen molar-refractivity contribution in [3.8, 4) is 0 Å². The van der Waals surface area contributed by atoms with E-state index in [-0.39, 0.29) is 35.0 Å². The molecule has 3 heterocycles. The zero-order valence-electron chi connectivity index (χ0n) is 25.8. The van der Waals surface area contributed by atoms with Crippen LogP contribution < -0.4 is 21.7 Å². The van der Waals surface area contributed by atoms with Crippen LogP contribution in [0.3, 0.4) is 0 Å². The van der Waals surface area contributed by atoms with Crippen molar-refractivity contribution in [2.24, 2.45) is 0 Å². The number of piperidine rings is 3. The van der Waals surface area contributed by atoms with Crippen molar-refractivity contribution in [3.05, 3.63) is 58.9 Å². The summed E-state index contributed by atoms with van der Waals surface area (Å²) in [6.07, 6.45) is 6.89. The first-order valence-electron chi connectivity index (χ1n) is 16.2. The summed E-state index contributed by atoms with van der Waals surface area (Å²) in [4.78, 5) is 46.4. The predicted octanol–water partition coefficient (Wildman–Crippen LogP) is 4.20. The van der Waals surface area contributed by atoms with Gasteiger partial charge in [-0.25, -0.2) is 9.18 Å². The molecule has 0 spiro atoms. The summed E-state index contributed by atoms with van der Waals surface area (Å²) < 4.78 is 13.6. The number of nitrogens with zero attached hydrogens (tertiary/aromatic N) is 3. The average molecular weight is 642 g/mol. The molecule has 2 aromatic rings. The van der Waals surface area contributed by atoms with Gasteiger partial charge in [-0.15, -0.1) is 0 Å². The molecule has 3 saturated heterocycles. The van der Waals surface area contributed by atoms with E-state index >= 15 is 0 Å². The van der Waals surface area contributed by atoms with Crippen LogP contribution in [-0.4, -0.2) is 89.9 Å². The van der Waals surface area contributed by atoms with Gasteiger partial charge in [0.25, 0.3) is 0 Å². The van der Waals surface area contributed by atoms with E-state index in [1.807, 2.05) is 24.3 Å². The van der Waals surface area contributed by atoms with Crippen LogP contribution in [0, 0.1) is 5.82 Å². The molecular weight excluding hydrogens is 597 g/mol. The van der Waals surface area contributed by atoms with Gasteiger partial charge in [-0.3, -0.25) is 9.59 Å². The Kier molecular flexibility index (Phi) is 11.5. The van der Waals surface area contributed by atoms with Gasteiger partial charge in [0.05, 0.1) is 11.4 Å². The molecule has 0 aromatic heterocycles. The Labute approximate surface area is 269 Å². The van der Waals surface area contributed by atoms with Crippen molar-refractivity contribution in [3.63, 3.8) is 0 Å². The van der Waals surface area contributed by atoms with Crippen LogP contribution in [0.25, 0.3) is 0 Å². The highest BCUT2D eigenvalue weighted by molar-refractivity contribution is 6.31. The minimum Gasteiger partial charge on any atom is -0.398 e. The summed E-state index contributed by atoms with van der Waals surface area (Å²) in [7, 11) is 0. The number of nitrogen functional groups attached to an aromatic ring is 1. The van der Waals surface area contributed by atoms with Crippen LogP contribution >= 0.6 is 11.6 Å². The minimum absolute atomic E-state index is 0.127. The predicted molar refractivity (Wildman–Crippen MR) is 174 cm³/mol. The van der Waals surface area contributed by atoms with E-state index in [0.29, 0.717) is 38.8 Å². The number of anilines is 2. The van der Waals surface area contributed by atoms with Gasteiger partial charge in [0.1, 0.15) is 11.9 Å². The van der Waals surface area contributed by atoms with E-state index in [2.05, 4.69) is 20.9 Å². The van der Waals surface area contributed by atoms with Crippen molar-refractivity contribution in [1.29, 1.82) is 0 Å². The zero-order valence-corrected chi connectivity index (χ0v) is 26.5. The molecule has 1 atom stereocenters. The topological polar surface area (TPSA) is 123 Å². The van der Waals surface area contributed by atoms with Crippen molar-refractivity contribution < 1.29 is 18.8 Å². The molecule has 10 nitrogen and oxygen atoms in total. The third-order valence-electron chi connectivity index (χ3n) is 9.33. The second-order valence-electron chi connectivity index (χ2n) is 12.4. The molecule has 0 saturated carbocycles. The molecule has 2 aromatic carbocycles. The zero-order chi connectivity index (χ0) is 31.8. The number of nitrogens with two attached hydrogens (primary N) is 1. The molecule has 5 rings (SSSR count). The molecular formula is C33H45ClFN7O3. The van der Waals surface area contributed by atoms with Gasteiger partial charge in [-0.05, 0) is 81.4 Å². The fourth-order valence-corrected chi connectivity index (χ4v) is 6.82.